The van der Waals surface area contributed by atoms with Gasteiger partial charge in [-0.05, 0) is 29.2 Å². The molecule has 1 heterocycles. The minimum Gasteiger partial charge on any atom is -0.327 e. The van der Waals surface area contributed by atoms with Gasteiger partial charge in [-0.2, -0.15) is 0 Å². The van der Waals surface area contributed by atoms with Gasteiger partial charge in [-0.3, -0.25) is 0 Å². The third kappa shape index (κ3) is 1.54. The Bertz CT molecular complexity index is 219. The maximum Gasteiger partial charge on any atom is 0.138 e. The lowest BCUT2D eigenvalue weighted by Crippen LogP contribution is -2.05. The zero-order chi connectivity index (χ0) is 7.68. The van der Waals surface area contributed by atoms with Crippen LogP contribution in [-0.4, -0.2) is 26.2 Å². The number of hydrogen-bond donors (Lipinski definition) is 1. The standard InChI is InChI=1S/C6H11N5/c7-6-3-5(6)1-2-11-4-8-9-10-11/h4-6H,1-3,7H2. The summed E-state index contributed by atoms with van der Waals surface area (Å²) in [5, 5.41) is 10.8. The molecule has 1 aliphatic carbocycles. The van der Waals surface area contributed by atoms with E-state index < -0.39 is 0 Å². The van der Waals surface area contributed by atoms with Crippen molar-refractivity contribution in [3.63, 3.8) is 0 Å². The predicted molar refractivity (Wildman–Crippen MR) is 38.5 cm³/mol. The van der Waals surface area contributed by atoms with Crippen molar-refractivity contribution in [3.8, 4) is 0 Å². The highest BCUT2D eigenvalue weighted by atomic mass is 15.5. The molecule has 1 aliphatic rings. The molecule has 2 rings (SSSR count). The highest BCUT2D eigenvalue weighted by Gasteiger charge is 2.32. The topological polar surface area (TPSA) is 69.6 Å². The van der Waals surface area contributed by atoms with E-state index in [1.54, 1.807) is 11.0 Å². The summed E-state index contributed by atoms with van der Waals surface area (Å²) in [5.41, 5.74) is 5.65. The highest BCUT2D eigenvalue weighted by Crippen LogP contribution is 2.31. The summed E-state index contributed by atoms with van der Waals surface area (Å²) in [5.74, 6) is 0.708. The van der Waals surface area contributed by atoms with E-state index in [9.17, 15) is 0 Å². The van der Waals surface area contributed by atoms with Crippen molar-refractivity contribution >= 4 is 0 Å². The molecule has 1 fully saturated rings. The Morgan fingerprint density at radius 3 is 3.00 bits per heavy atom. The van der Waals surface area contributed by atoms with Crippen molar-refractivity contribution in [3.05, 3.63) is 6.33 Å². The molecule has 2 N–H and O–H groups in total. The average molecular weight is 153 g/mol. The zero-order valence-electron chi connectivity index (χ0n) is 6.22. The first-order chi connectivity index (χ1) is 5.36. The van der Waals surface area contributed by atoms with Crippen molar-refractivity contribution in [2.24, 2.45) is 11.7 Å². The van der Waals surface area contributed by atoms with Crippen LogP contribution in [0, 0.1) is 5.92 Å². The third-order valence-electron chi connectivity index (χ3n) is 2.10. The molecule has 0 saturated heterocycles. The van der Waals surface area contributed by atoms with Gasteiger partial charge in [0.05, 0.1) is 0 Å². The normalized spacial score (nSPS) is 28.8. The second-order valence-electron chi connectivity index (χ2n) is 3.02. The first-order valence-electron chi connectivity index (χ1n) is 3.82. The lowest BCUT2D eigenvalue weighted by Gasteiger charge is -1.95. The summed E-state index contributed by atoms with van der Waals surface area (Å²) in [7, 11) is 0. The average Bonchev–Trinajstić information content (AvgIpc) is 2.55. The Kier molecular flexibility index (Phi) is 1.58. The van der Waals surface area contributed by atoms with Gasteiger partial charge >= 0.3 is 0 Å². The summed E-state index contributed by atoms with van der Waals surface area (Å²) in [6, 6.07) is 0.437. The Labute approximate surface area is 64.6 Å². The van der Waals surface area contributed by atoms with Crippen LogP contribution in [0.4, 0.5) is 0 Å². The Balaban J connectivity index is 1.75. The van der Waals surface area contributed by atoms with Crippen LogP contribution in [0.25, 0.3) is 0 Å². The second-order valence-corrected chi connectivity index (χ2v) is 3.02. The third-order valence-corrected chi connectivity index (χ3v) is 2.10. The molecule has 0 spiro atoms. The molecule has 0 bridgehead atoms. The fourth-order valence-electron chi connectivity index (χ4n) is 1.18. The first-order valence-corrected chi connectivity index (χ1v) is 3.82. The molecule has 0 radical (unpaired) electrons. The summed E-state index contributed by atoms with van der Waals surface area (Å²) < 4.78 is 1.74. The fraction of sp³-hybridized carbons (Fsp3) is 0.833. The van der Waals surface area contributed by atoms with E-state index in [-0.39, 0.29) is 0 Å². The smallest absolute Gasteiger partial charge is 0.138 e. The van der Waals surface area contributed by atoms with E-state index in [2.05, 4.69) is 15.5 Å². The van der Waals surface area contributed by atoms with E-state index >= 15 is 0 Å². The van der Waals surface area contributed by atoms with Gasteiger partial charge < -0.3 is 5.73 Å². The minimum atomic E-state index is 0.437. The summed E-state index contributed by atoms with van der Waals surface area (Å²) in [4.78, 5) is 0. The van der Waals surface area contributed by atoms with Crippen LogP contribution in [0.15, 0.2) is 6.33 Å². The van der Waals surface area contributed by atoms with Crippen LogP contribution in [0.5, 0.6) is 0 Å². The van der Waals surface area contributed by atoms with Gasteiger partial charge in [-0.1, -0.05) is 0 Å². The van der Waals surface area contributed by atoms with E-state index in [0.29, 0.717) is 12.0 Å². The maximum absolute atomic E-state index is 5.65. The largest absolute Gasteiger partial charge is 0.327 e. The van der Waals surface area contributed by atoms with Gasteiger partial charge in [0.2, 0.25) is 0 Å². The summed E-state index contributed by atoms with van der Waals surface area (Å²) in [6.45, 7) is 0.894. The number of tetrazole rings is 1. The quantitative estimate of drug-likeness (QED) is 0.630. The van der Waals surface area contributed by atoms with Gasteiger partial charge in [0.1, 0.15) is 6.33 Å². The van der Waals surface area contributed by atoms with Crippen molar-refractivity contribution in [2.45, 2.75) is 25.4 Å². The van der Waals surface area contributed by atoms with Crippen LogP contribution in [0.2, 0.25) is 0 Å². The molecule has 5 heteroatoms. The van der Waals surface area contributed by atoms with Gasteiger partial charge in [-0.15, -0.1) is 5.10 Å². The molecule has 1 saturated carbocycles. The summed E-state index contributed by atoms with van der Waals surface area (Å²) >= 11 is 0. The monoisotopic (exact) mass is 153 g/mol. The van der Waals surface area contributed by atoms with E-state index in [4.69, 9.17) is 5.73 Å². The zero-order valence-corrected chi connectivity index (χ0v) is 6.22. The van der Waals surface area contributed by atoms with Crippen molar-refractivity contribution < 1.29 is 0 Å². The second kappa shape index (κ2) is 2.58. The molecule has 5 nitrogen and oxygen atoms in total. The van der Waals surface area contributed by atoms with Crippen LogP contribution >= 0.6 is 0 Å². The number of nitrogens with two attached hydrogens (primary N) is 1. The van der Waals surface area contributed by atoms with Crippen LogP contribution < -0.4 is 5.73 Å². The van der Waals surface area contributed by atoms with Crippen molar-refractivity contribution in [2.75, 3.05) is 0 Å². The fourth-order valence-corrected chi connectivity index (χ4v) is 1.18. The Morgan fingerprint density at radius 2 is 2.45 bits per heavy atom. The number of aromatic nitrogens is 4. The van der Waals surface area contributed by atoms with Crippen molar-refractivity contribution in [1.82, 2.24) is 20.2 Å². The Hall–Kier alpha value is -0.970. The lowest BCUT2D eigenvalue weighted by atomic mass is 10.3. The van der Waals surface area contributed by atoms with Crippen LogP contribution in [0.3, 0.4) is 0 Å². The van der Waals surface area contributed by atoms with E-state index in [1.807, 2.05) is 0 Å². The molecule has 2 unspecified atom stereocenters. The first kappa shape index (κ1) is 6.72. The molecule has 60 valence electrons. The molecule has 0 aromatic carbocycles. The van der Waals surface area contributed by atoms with E-state index in [0.717, 1.165) is 13.0 Å². The molecule has 0 amide bonds. The number of hydrogen-bond acceptors (Lipinski definition) is 4. The van der Waals surface area contributed by atoms with Gasteiger partial charge in [-0.25, -0.2) is 4.68 Å². The predicted octanol–water partition coefficient (Wildman–Crippen LogP) is -0.590. The molecule has 1 aromatic rings. The molecule has 11 heavy (non-hydrogen) atoms. The van der Waals surface area contributed by atoms with Gasteiger partial charge in [0.25, 0.3) is 0 Å². The molecule has 2 atom stereocenters. The number of rotatable bonds is 3. The van der Waals surface area contributed by atoms with Crippen LogP contribution in [-0.2, 0) is 6.54 Å². The molecule has 1 aromatic heterocycles. The Morgan fingerprint density at radius 1 is 1.64 bits per heavy atom. The highest BCUT2D eigenvalue weighted by molar-refractivity contribution is 4.89. The van der Waals surface area contributed by atoms with Gasteiger partial charge in [0.15, 0.2) is 0 Å². The van der Waals surface area contributed by atoms with Crippen molar-refractivity contribution in [1.29, 1.82) is 0 Å². The van der Waals surface area contributed by atoms with Crippen LogP contribution in [0.1, 0.15) is 12.8 Å². The minimum absolute atomic E-state index is 0.437. The lowest BCUT2D eigenvalue weighted by molar-refractivity contribution is 0.525. The van der Waals surface area contributed by atoms with Gasteiger partial charge in [0, 0.05) is 12.6 Å². The van der Waals surface area contributed by atoms with E-state index in [1.165, 1.54) is 6.42 Å². The number of aryl methyl sites for hydroxylation is 1. The SMILES string of the molecule is NC1CC1CCn1cnnn1. The molecular weight excluding hydrogens is 142 g/mol. The molecular formula is C6H11N5. The summed E-state index contributed by atoms with van der Waals surface area (Å²) in [6.07, 6.45) is 3.90. The molecule has 0 aliphatic heterocycles. The number of nitrogens with zero attached hydrogens (tertiary/aromatic N) is 4. The maximum atomic E-state index is 5.65.